The number of ketones is 1. The fraction of sp³-hybridized carbons (Fsp3) is 0.286. The Hall–Kier alpha value is -3.19. The van der Waals surface area contributed by atoms with E-state index < -0.39 is 29.3 Å². The molecule has 0 aromatic heterocycles. The van der Waals surface area contributed by atoms with Crippen molar-refractivity contribution in [1.29, 1.82) is 0 Å². The van der Waals surface area contributed by atoms with Crippen molar-refractivity contribution in [2.45, 2.75) is 31.7 Å². The van der Waals surface area contributed by atoms with E-state index in [4.69, 9.17) is 14.2 Å². The van der Waals surface area contributed by atoms with Crippen molar-refractivity contribution in [1.82, 2.24) is 0 Å². The Bertz CT molecular complexity index is 1010. The summed E-state index contributed by atoms with van der Waals surface area (Å²) in [6.07, 6.45) is 1.12. The van der Waals surface area contributed by atoms with Gasteiger partial charge in [-0.15, -0.1) is 0 Å². The minimum atomic E-state index is -1.56. The summed E-state index contributed by atoms with van der Waals surface area (Å²) >= 11 is 0. The van der Waals surface area contributed by atoms with Gasteiger partial charge in [-0.05, 0) is 38.1 Å². The zero-order chi connectivity index (χ0) is 20.2. The van der Waals surface area contributed by atoms with E-state index in [-0.39, 0.29) is 17.1 Å². The summed E-state index contributed by atoms with van der Waals surface area (Å²) in [5, 5.41) is 30.3. The molecular formula is C21H20O7. The normalized spacial score (nSPS) is 21.9. The van der Waals surface area contributed by atoms with Gasteiger partial charge < -0.3 is 29.5 Å². The highest BCUT2D eigenvalue weighted by atomic mass is 16.5. The Morgan fingerprint density at radius 3 is 2.61 bits per heavy atom. The van der Waals surface area contributed by atoms with Crippen LogP contribution in [0.2, 0.25) is 0 Å². The molecule has 2 aliphatic rings. The number of rotatable bonds is 2. The Kier molecular flexibility index (Phi) is 4.01. The molecule has 0 fully saturated rings. The Morgan fingerprint density at radius 2 is 1.89 bits per heavy atom. The zero-order valence-electron chi connectivity index (χ0n) is 15.6. The molecule has 2 atom stereocenters. The number of hydrogen-bond donors (Lipinski definition) is 3. The van der Waals surface area contributed by atoms with Crippen LogP contribution in [0.3, 0.4) is 0 Å². The average Bonchev–Trinajstić information content (AvgIpc) is 2.62. The molecule has 0 unspecified atom stereocenters. The number of fused-ring (bicyclic) bond motifs is 2. The summed E-state index contributed by atoms with van der Waals surface area (Å²) in [5.74, 6) is -0.389. The Labute approximate surface area is 161 Å². The number of phenols is 2. The van der Waals surface area contributed by atoms with Crippen LogP contribution in [0.15, 0.2) is 30.3 Å². The number of Topliss-reactive ketones (excluding diaryl/α,β-unsaturated/α-hetero) is 1. The molecule has 0 radical (unpaired) electrons. The van der Waals surface area contributed by atoms with E-state index in [9.17, 15) is 20.1 Å². The summed E-state index contributed by atoms with van der Waals surface area (Å²) in [5.41, 5.74) is 0.490. The van der Waals surface area contributed by atoms with Crippen LogP contribution in [0, 0.1) is 0 Å². The van der Waals surface area contributed by atoms with E-state index in [1.54, 1.807) is 12.1 Å². The first-order valence-electron chi connectivity index (χ1n) is 8.76. The maximum absolute atomic E-state index is 12.7. The van der Waals surface area contributed by atoms with Gasteiger partial charge in [-0.25, -0.2) is 0 Å². The number of hydrogen-bond acceptors (Lipinski definition) is 7. The minimum absolute atomic E-state index is 0.00880. The summed E-state index contributed by atoms with van der Waals surface area (Å²) in [4.78, 5) is 12.7. The fourth-order valence-electron chi connectivity index (χ4n) is 3.55. The summed E-state index contributed by atoms with van der Waals surface area (Å²) < 4.78 is 17.3. The van der Waals surface area contributed by atoms with E-state index in [0.29, 0.717) is 22.6 Å². The third-order valence-electron chi connectivity index (χ3n) is 4.84. The van der Waals surface area contributed by atoms with Crippen LogP contribution >= 0.6 is 0 Å². The molecule has 0 aliphatic carbocycles. The van der Waals surface area contributed by atoms with Crippen molar-refractivity contribution >= 4 is 11.9 Å². The van der Waals surface area contributed by atoms with Crippen molar-refractivity contribution in [2.24, 2.45) is 0 Å². The van der Waals surface area contributed by atoms with Gasteiger partial charge in [-0.3, -0.25) is 4.79 Å². The molecule has 2 aromatic carbocycles. The highest BCUT2D eigenvalue weighted by Crippen LogP contribution is 2.46. The molecule has 2 aromatic rings. The smallest absolute Gasteiger partial charge is 0.202 e. The lowest BCUT2D eigenvalue weighted by atomic mass is 9.90. The number of benzene rings is 2. The van der Waals surface area contributed by atoms with Gasteiger partial charge in [0, 0.05) is 17.7 Å². The van der Waals surface area contributed by atoms with E-state index >= 15 is 0 Å². The molecule has 7 heteroatoms. The second-order valence-corrected chi connectivity index (χ2v) is 7.32. The molecule has 2 heterocycles. The lowest BCUT2D eigenvalue weighted by Crippen LogP contribution is -2.36. The Morgan fingerprint density at radius 1 is 1.14 bits per heavy atom. The first-order chi connectivity index (χ1) is 13.2. The SMILES string of the molecule is COc1c([C@H]2Oc3cc(O)cc(O)c3C(=O)[C@@H]2O)ccc2c1C=CC(C)(C)O2. The topological polar surface area (TPSA) is 105 Å². The number of aliphatic hydroxyl groups is 1. The number of phenolic OH excluding ortho intramolecular Hbond substituents is 2. The molecule has 146 valence electrons. The van der Waals surface area contributed by atoms with Crippen LogP contribution in [-0.2, 0) is 0 Å². The van der Waals surface area contributed by atoms with Crippen LogP contribution in [0.5, 0.6) is 28.7 Å². The number of ether oxygens (including phenoxy) is 3. The zero-order valence-corrected chi connectivity index (χ0v) is 15.6. The lowest BCUT2D eigenvalue weighted by molar-refractivity contribution is 0.0202. The number of aliphatic hydroxyl groups excluding tert-OH is 1. The average molecular weight is 384 g/mol. The first kappa shape index (κ1) is 18.2. The number of methoxy groups -OCH3 is 1. The van der Waals surface area contributed by atoms with Gasteiger partial charge >= 0.3 is 0 Å². The van der Waals surface area contributed by atoms with Crippen molar-refractivity contribution in [3.05, 3.63) is 47.0 Å². The predicted molar refractivity (Wildman–Crippen MR) is 100 cm³/mol. The predicted octanol–water partition coefficient (Wildman–Crippen LogP) is 2.97. The van der Waals surface area contributed by atoms with E-state index in [2.05, 4.69) is 0 Å². The van der Waals surface area contributed by atoms with Crippen LogP contribution in [0.1, 0.15) is 41.4 Å². The van der Waals surface area contributed by atoms with E-state index in [1.165, 1.54) is 13.2 Å². The number of aromatic hydroxyl groups is 2. The van der Waals surface area contributed by atoms with E-state index in [0.717, 1.165) is 6.07 Å². The molecule has 0 spiro atoms. The maximum Gasteiger partial charge on any atom is 0.202 e. The first-order valence-corrected chi connectivity index (χ1v) is 8.76. The van der Waals surface area contributed by atoms with Crippen LogP contribution in [0.4, 0.5) is 0 Å². The second kappa shape index (κ2) is 6.17. The number of carbonyl (C=O) groups is 1. The van der Waals surface area contributed by atoms with Gasteiger partial charge in [-0.2, -0.15) is 0 Å². The van der Waals surface area contributed by atoms with Crippen LogP contribution < -0.4 is 14.2 Å². The third kappa shape index (κ3) is 2.75. The van der Waals surface area contributed by atoms with Crippen LogP contribution in [0.25, 0.3) is 6.08 Å². The highest BCUT2D eigenvalue weighted by Gasteiger charge is 2.41. The summed E-state index contributed by atoms with van der Waals surface area (Å²) in [7, 11) is 1.48. The van der Waals surface area contributed by atoms with Gasteiger partial charge in [0.2, 0.25) is 5.78 Å². The largest absolute Gasteiger partial charge is 0.508 e. The lowest BCUT2D eigenvalue weighted by Gasteiger charge is -2.33. The second-order valence-electron chi connectivity index (χ2n) is 7.32. The highest BCUT2D eigenvalue weighted by molar-refractivity contribution is 6.05. The van der Waals surface area contributed by atoms with Crippen molar-refractivity contribution in [3.8, 4) is 28.7 Å². The summed E-state index contributed by atoms with van der Waals surface area (Å²) in [6, 6.07) is 5.65. The van der Waals surface area contributed by atoms with Crippen molar-refractivity contribution in [3.63, 3.8) is 0 Å². The molecule has 0 amide bonds. The van der Waals surface area contributed by atoms with Crippen molar-refractivity contribution in [2.75, 3.05) is 7.11 Å². The molecule has 0 saturated carbocycles. The van der Waals surface area contributed by atoms with Gasteiger partial charge in [0.05, 0.1) is 12.7 Å². The van der Waals surface area contributed by atoms with Crippen LogP contribution in [-0.4, -0.2) is 39.9 Å². The van der Waals surface area contributed by atoms with Gasteiger partial charge in [0.25, 0.3) is 0 Å². The van der Waals surface area contributed by atoms with Gasteiger partial charge in [0.1, 0.15) is 39.9 Å². The fourth-order valence-corrected chi connectivity index (χ4v) is 3.55. The number of carbonyl (C=O) groups excluding carboxylic acids is 1. The van der Waals surface area contributed by atoms with E-state index in [1.807, 2.05) is 26.0 Å². The maximum atomic E-state index is 12.7. The molecular weight excluding hydrogens is 364 g/mol. The standard InChI is InChI=1S/C21H20O7/c1-21(2)7-6-11-14(28-21)5-4-12(19(11)26-3)20-18(25)17(24)16-13(23)8-10(22)9-15(16)27-20/h4-9,18,20,22-23,25H,1-3H3/t18-,20+/m0/s1. The molecule has 0 bridgehead atoms. The quantitative estimate of drug-likeness (QED) is 0.731. The minimum Gasteiger partial charge on any atom is -0.508 e. The molecule has 4 rings (SSSR count). The third-order valence-corrected chi connectivity index (χ3v) is 4.84. The summed E-state index contributed by atoms with van der Waals surface area (Å²) in [6.45, 7) is 3.85. The molecule has 2 aliphatic heterocycles. The van der Waals surface area contributed by atoms with Gasteiger partial charge in [-0.1, -0.05) is 0 Å². The molecule has 3 N–H and O–H groups in total. The van der Waals surface area contributed by atoms with Crippen molar-refractivity contribution < 1.29 is 34.3 Å². The monoisotopic (exact) mass is 384 g/mol. The molecule has 0 saturated heterocycles. The molecule has 28 heavy (non-hydrogen) atoms. The Balaban J connectivity index is 1.83. The van der Waals surface area contributed by atoms with Gasteiger partial charge in [0.15, 0.2) is 12.2 Å². The molecule has 7 nitrogen and oxygen atoms in total.